The lowest BCUT2D eigenvalue weighted by molar-refractivity contribution is -0.384. The van der Waals surface area contributed by atoms with Crippen molar-refractivity contribution in [2.75, 3.05) is 7.11 Å². The molecule has 0 aromatic heterocycles. The Morgan fingerprint density at radius 3 is 2.69 bits per heavy atom. The van der Waals surface area contributed by atoms with Gasteiger partial charge in [-0.05, 0) is 5.56 Å². The van der Waals surface area contributed by atoms with Gasteiger partial charge in [-0.1, -0.05) is 12.1 Å². The lowest BCUT2D eigenvalue weighted by Gasteiger charge is -2.08. The molecule has 1 rings (SSSR count). The fourth-order valence-corrected chi connectivity index (χ4v) is 1.09. The Morgan fingerprint density at radius 2 is 2.19 bits per heavy atom. The molecule has 0 aliphatic heterocycles. The number of nitrogens with zero attached hydrogens (tertiary/aromatic N) is 1. The van der Waals surface area contributed by atoms with E-state index in [4.69, 9.17) is 5.73 Å². The number of halogens is 1. The van der Waals surface area contributed by atoms with Gasteiger partial charge in [0.15, 0.2) is 0 Å². The molecule has 2 N–H and O–H groups in total. The second-order valence-electron chi connectivity index (χ2n) is 2.85. The monoisotopic (exact) mass is 246 g/mol. The minimum atomic E-state index is -0.991. The smallest absolute Gasteiger partial charge is 0.327 e. The van der Waals surface area contributed by atoms with Crippen LogP contribution in [-0.4, -0.2) is 18.0 Å². The van der Waals surface area contributed by atoms with Crippen molar-refractivity contribution in [2.45, 2.75) is 6.04 Å². The number of carbonyl (C=O) groups excluding carboxylic acids is 1. The van der Waals surface area contributed by atoms with E-state index in [0.29, 0.717) is 5.56 Å². The number of nitro benzene ring substituents is 1. The van der Waals surface area contributed by atoms with Crippen molar-refractivity contribution in [3.8, 4) is 0 Å². The predicted octanol–water partition coefficient (Wildman–Crippen LogP) is 1.19. The summed E-state index contributed by atoms with van der Waals surface area (Å²) < 4.78 is 4.43. The number of hydrogen-bond donors (Lipinski definition) is 1. The summed E-state index contributed by atoms with van der Waals surface area (Å²) in [6.07, 6.45) is 0. The Bertz CT molecular complexity index is 397. The van der Waals surface area contributed by atoms with E-state index >= 15 is 0 Å². The standard InChI is InChI=1S/C9H10N2O4.ClH/c1-15-9(12)8(10)6-3-2-4-7(5-6)11(13)14;/h2-5,8H,10H2,1H3;1H/t8-;/m1./s1. The van der Waals surface area contributed by atoms with Crippen molar-refractivity contribution in [3.63, 3.8) is 0 Å². The van der Waals surface area contributed by atoms with Gasteiger partial charge in [0.05, 0.1) is 12.0 Å². The molecule has 88 valence electrons. The van der Waals surface area contributed by atoms with E-state index in [1.807, 2.05) is 0 Å². The molecular formula is C9H11ClN2O4. The fraction of sp³-hybridized carbons (Fsp3) is 0.222. The van der Waals surface area contributed by atoms with E-state index in [1.54, 1.807) is 0 Å². The van der Waals surface area contributed by atoms with Gasteiger partial charge in [0.2, 0.25) is 0 Å². The van der Waals surface area contributed by atoms with Gasteiger partial charge in [0, 0.05) is 12.1 Å². The number of carbonyl (C=O) groups is 1. The highest BCUT2D eigenvalue weighted by Gasteiger charge is 2.18. The fourth-order valence-electron chi connectivity index (χ4n) is 1.09. The Labute approximate surface area is 97.9 Å². The van der Waals surface area contributed by atoms with Gasteiger partial charge in [0.25, 0.3) is 5.69 Å². The highest BCUT2D eigenvalue weighted by atomic mass is 35.5. The highest BCUT2D eigenvalue weighted by molar-refractivity contribution is 5.85. The number of nitrogens with two attached hydrogens (primary N) is 1. The van der Waals surface area contributed by atoms with Crippen LogP contribution in [0.15, 0.2) is 24.3 Å². The molecular weight excluding hydrogens is 236 g/mol. The average Bonchev–Trinajstić information content (AvgIpc) is 2.27. The van der Waals surface area contributed by atoms with Crippen LogP contribution in [-0.2, 0) is 9.53 Å². The minimum Gasteiger partial charge on any atom is -0.468 e. The maximum atomic E-state index is 11.1. The molecule has 0 fully saturated rings. The molecule has 0 aliphatic carbocycles. The molecule has 0 unspecified atom stereocenters. The van der Waals surface area contributed by atoms with Gasteiger partial charge in [-0.15, -0.1) is 12.4 Å². The quantitative estimate of drug-likeness (QED) is 0.491. The van der Waals surface area contributed by atoms with Gasteiger partial charge in [-0.2, -0.15) is 0 Å². The van der Waals surface area contributed by atoms with Crippen LogP contribution in [0.3, 0.4) is 0 Å². The molecule has 0 aliphatic rings. The number of nitro groups is 1. The lowest BCUT2D eigenvalue weighted by Crippen LogP contribution is -2.22. The van der Waals surface area contributed by atoms with Crippen LogP contribution in [0.1, 0.15) is 11.6 Å². The third kappa shape index (κ3) is 3.18. The second-order valence-corrected chi connectivity index (χ2v) is 2.85. The molecule has 6 nitrogen and oxygen atoms in total. The summed E-state index contributed by atoms with van der Waals surface area (Å²) in [6, 6.07) is 4.59. The topological polar surface area (TPSA) is 95.5 Å². The first-order valence-electron chi connectivity index (χ1n) is 4.14. The van der Waals surface area contributed by atoms with Crippen molar-refractivity contribution in [3.05, 3.63) is 39.9 Å². The Kier molecular flexibility index (Phi) is 5.41. The summed E-state index contributed by atoms with van der Waals surface area (Å²) in [5.74, 6) is -0.629. The molecule has 16 heavy (non-hydrogen) atoms. The van der Waals surface area contributed by atoms with E-state index in [0.717, 1.165) is 0 Å². The largest absolute Gasteiger partial charge is 0.468 e. The second kappa shape index (κ2) is 6.04. The third-order valence-corrected chi connectivity index (χ3v) is 1.90. The summed E-state index contributed by atoms with van der Waals surface area (Å²) in [4.78, 5) is 21.0. The first-order valence-corrected chi connectivity index (χ1v) is 4.14. The average molecular weight is 247 g/mol. The van der Waals surface area contributed by atoms with E-state index in [-0.39, 0.29) is 18.1 Å². The van der Waals surface area contributed by atoms with Gasteiger partial charge in [-0.3, -0.25) is 14.9 Å². The van der Waals surface area contributed by atoms with Crippen LogP contribution in [0.5, 0.6) is 0 Å². The van der Waals surface area contributed by atoms with Gasteiger partial charge in [-0.25, -0.2) is 0 Å². The van der Waals surface area contributed by atoms with E-state index in [1.165, 1.54) is 31.4 Å². The van der Waals surface area contributed by atoms with Gasteiger partial charge >= 0.3 is 5.97 Å². The highest BCUT2D eigenvalue weighted by Crippen LogP contribution is 2.18. The number of esters is 1. The van der Waals surface area contributed by atoms with Crippen molar-refractivity contribution < 1.29 is 14.5 Å². The number of methoxy groups -OCH3 is 1. The SMILES string of the molecule is COC(=O)[C@H](N)c1cccc([N+](=O)[O-])c1.Cl. The Hall–Kier alpha value is -1.66. The lowest BCUT2D eigenvalue weighted by atomic mass is 10.1. The molecule has 1 atom stereocenters. The zero-order valence-corrected chi connectivity index (χ0v) is 9.27. The number of benzene rings is 1. The van der Waals surface area contributed by atoms with Crippen molar-refractivity contribution in [1.82, 2.24) is 0 Å². The van der Waals surface area contributed by atoms with Gasteiger partial charge in [0.1, 0.15) is 6.04 Å². The minimum absolute atomic E-state index is 0. The molecule has 0 amide bonds. The van der Waals surface area contributed by atoms with Crippen molar-refractivity contribution in [1.29, 1.82) is 0 Å². The summed E-state index contributed by atoms with van der Waals surface area (Å²) in [5.41, 5.74) is 5.77. The molecule has 0 bridgehead atoms. The van der Waals surface area contributed by atoms with Crippen molar-refractivity contribution in [2.24, 2.45) is 5.73 Å². The van der Waals surface area contributed by atoms with Crippen LogP contribution >= 0.6 is 12.4 Å². The zero-order valence-electron chi connectivity index (χ0n) is 8.45. The Balaban J connectivity index is 0.00000225. The molecule has 0 saturated carbocycles. The first-order chi connectivity index (χ1) is 7.06. The van der Waals surface area contributed by atoms with Crippen LogP contribution in [0.25, 0.3) is 0 Å². The molecule has 0 radical (unpaired) electrons. The van der Waals surface area contributed by atoms with Crippen LogP contribution in [0, 0.1) is 10.1 Å². The van der Waals surface area contributed by atoms with Crippen LogP contribution < -0.4 is 5.73 Å². The third-order valence-electron chi connectivity index (χ3n) is 1.90. The molecule has 0 saturated heterocycles. The predicted molar refractivity (Wildman–Crippen MR) is 59.3 cm³/mol. The van der Waals surface area contributed by atoms with Crippen LogP contribution in [0.2, 0.25) is 0 Å². The summed E-state index contributed by atoms with van der Waals surface area (Å²) in [6.45, 7) is 0. The first kappa shape index (κ1) is 14.3. The van der Waals surface area contributed by atoms with Gasteiger partial charge < -0.3 is 10.5 Å². The van der Waals surface area contributed by atoms with Crippen LogP contribution in [0.4, 0.5) is 5.69 Å². The zero-order chi connectivity index (χ0) is 11.4. The van der Waals surface area contributed by atoms with Crippen molar-refractivity contribution >= 4 is 24.1 Å². The summed E-state index contributed by atoms with van der Waals surface area (Å²) in [7, 11) is 1.21. The summed E-state index contributed by atoms with van der Waals surface area (Å²) >= 11 is 0. The maximum absolute atomic E-state index is 11.1. The number of rotatable bonds is 3. The Morgan fingerprint density at radius 1 is 1.56 bits per heavy atom. The number of hydrogen-bond acceptors (Lipinski definition) is 5. The van der Waals surface area contributed by atoms with E-state index in [2.05, 4.69) is 4.74 Å². The van der Waals surface area contributed by atoms with E-state index < -0.39 is 16.9 Å². The van der Waals surface area contributed by atoms with E-state index in [9.17, 15) is 14.9 Å². The normalized spacial score (nSPS) is 11.1. The number of ether oxygens (including phenoxy) is 1. The maximum Gasteiger partial charge on any atom is 0.327 e. The number of non-ortho nitro benzene ring substituents is 1. The molecule has 0 heterocycles. The molecule has 7 heteroatoms. The summed E-state index contributed by atoms with van der Waals surface area (Å²) in [5, 5.41) is 10.5. The molecule has 1 aromatic rings. The molecule has 0 spiro atoms. The molecule has 1 aromatic carbocycles.